The summed E-state index contributed by atoms with van der Waals surface area (Å²) in [6, 6.07) is 7.93. The highest BCUT2D eigenvalue weighted by molar-refractivity contribution is 5.89. The molecule has 3 heterocycles. The molecule has 0 spiro atoms. The van der Waals surface area contributed by atoms with Gasteiger partial charge in [-0.3, -0.25) is 4.79 Å². The second-order valence-corrected chi connectivity index (χ2v) is 9.63. The van der Waals surface area contributed by atoms with E-state index in [1.807, 2.05) is 0 Å². The zero-order chi connectivity index (χ0) is 29.6. The Morgan fingerprint density at radius 3 is 2.20 bits per heavy atom. The standard InChI is InChI=1S/C26H28O15/c27-7-16-19(32)21(34)23(36)26(40-16)38-10-3-1-9(2-4-10)14-5-11(28)17-15(39-14)6-12(29)24(20(17)33)41-25-22(35)18(31)13(30)8-37-25/h1-6,13,16,18-19,21-23,25-27,29-36H,7-8H2/t13-,16+,18-,19+,21-,22+,23+,25?,26?/m1/s1. The fourth-order valence-electron chi connectivity index (χ4n) is 4.53. The van der Waals surface area contributed by atoms with Gasteiger partial charge in [-0.1, -0.05) is 0 Å². The smallest absolute Gasteiger partial charge is 0.229 e. The van der Waals surface area contributed by atoms with Crippen molar-refractivity contribution in [3.8, 4) is 34.3 Å². The first-order chi connectivity index (χ1) is 19.5. The second-order valence-electron chi connectivity index (χ2n) is 9.63. The number of hydrogen-bond donors (Lipinski definition) is 9. The normalized spacial score (nSPS) is 32.1. The van der Waals surface area contributed by atoms with E-state index in [0.717, 1.165) is 12.1 Å². The summed E-state index contributed by atoms with van der Waals surface area (Å²) in [7, 11) is 0. The third kappa shape index (κ3) is 5.42. The predicted molar refractivity (Wildman–Crippen MR) is 134 cm³/mol. The van der Waals surface area contributed by atoms with E-state index in [9.17, 15) is 50.8 Å². The largest absolute Gasteiger partial charge is 0.504 e. The van der Waals surface area contributed by atoms with Gasteiger partial charge in [0, 0.05) is 17.7 Å². The zero-order valence-corrected chi connectivity index (χ0v) is 21.0. The molecule has 2 fully saturated rings. The SMILES string of the molecule is O=c1cc(-c2ccc(OC3O[C@@H](CO)[C@H](O)[C@@H](O)[C@@H]3O)cc2)oc2cc(O)c(OC3OC[C@@H](O)[C@@H](O)[C@@H]3O)c(O)c12. The van der Waals surface area contributed by atoms with E-state index in [1.165, 1.54) is 24.3 Å². The Bertz CT molecular complexity index is 1440. The third-order valence-corrected chi connectivity index (χ3v) is 6.85. The molecule has 41 heavy (non-hydrogen) atoms. The van der Waals surface area contributed by atoms with E-state index >= 15 is 0 Å². The summed E-state index contributed by atoms with van der Waals surface area (Å²) in [5, 5.41) is 89.6. The molecule has 15 nitrogen and oxygen atoms in total. The molecule has 0 aliphatic carbocycles. The topological polar surface area (TPSA) is 249 Å². The van der Waals surface area contributed by atoms with Gasteiger partial charge in [0.05, 0.1) is 13.2 Å². The molecule has 1 aromatic heterocycles. The fraction of sp³-hybridized carbons (Fsp3) is 0.423. The van der Waals surface area contributed by atoms with Crippen LogP contribution in [0, 0.1) is 0 Å². The predicted octanol–water partition coefficient (Wildman–Crippen LogP) is -2.13. The van der Waals surface area contributed by atoms with E-state index in [0.29, 0.717) is 5.56 Å². The van der Waals surface area contributed by atoms with Crippen LogP contribution in [0.5, 0.6) is 23.0 Å². The van der Waals surface area contributed by atoms with Gasteiger partial charge >= 0.3 is 0 Å². The fourth-order valence-corrected chi connectivity index (χ4v) is 4.53. The van der Waals surface area contributed by atoms with Crippen LogP contribution in [0.15, 0.2) is 45.6 Å². The van der Waals surface area contributed by atoms with Crippen molar-refractivity contribution in [2.75, 3.05) is 13.2 Å². The minimum absolute atomic E-state index is 0.0394. The summed E-state index contributed by atoms with van der Waals surface area (Å²) in [5.41, 5.74) is -0.557. The van der Waals surface area contributed by atoms with Crippen molar-refractivity contribution in [2.45, 2.75) is 55.3 Å². The average molecular weight is 580 g/mol. The molecule has 2 aromatic carbocycles. The number of ether oxygens (including phenoxy) is 4. The van der Waals surface area contributed by atoms with E-state index < -0.39 is 91.2 Å². The summed E-state index contributed by atoms with van der Waals surface area (Å²) in [5.74, 6) is -1.88. The van der Waals surface area contributed by atoms with Crippen molar-refractivity contribution >= 4 is 11.0 Å². The van der Waals surface area contributed by atoms with Crippen LogP contribution in [0.25, 0.3) is 22.3 Å². The number of aliphatic hydroxyl groups excluding tert-OH is 7. The van der Waals surface area contributed by atoms with Gasteiger partial charge in [-0.15, -0.1) is 0 Å². The molecule has 0 bridgehead atoms. The average Bonchev–Trinajstić information content (AvgIpc) is 2.95. The minimum Gasteiger partial charge on any atom is -0.504 e. The molecule has 0 amide bonds. The zero-order valence-electron chi connectivity index (χ0n) is 21.0. The Balaban J connectivity index is 1.37. The van der Waals surface area contributed by atoms with Crippen molar-refractivity contribution in [1.29, 1.82) is 0 Å². The lowest BCUT2D eigenvalue weighted by Crippen LogP contribution is -2.60. The summed E-state index contributed by atoms with van der Waals surface area (Å²) in [4.78, 5) is 12.9. The van der Waals surface area contributed by atoms with Crippen molar-refractivity contribution in [1.82, 2.24) is 0 Å². The van der Waals surface area contributed by atoms with Gasteiger partial charge in [-0.25, -0.2) is 0 Å². The molecular weight excluding hydrogens is 552 g/mol. The number of aromatic hydroxyl groups is 2. The molecule has 222 valence electrons. The van der Waals surface area contributed by atoms with Crippen molar-refractivity contribution in [3.63, 3.8) is 0 Å². The van der Waals surface area contributed by atoms with Crippen LogP contribution in [0.3, 0.4) is 0 Å². The molecule has 9 atom stereocenters. The highest BCUT2D eigenvalue weighted by Gasteiger charge is 2.45. The summed E-state index contributed by atoms with van der Waals surface area (Å²) < 4.78 is 27.0. The molecule has 0 saturated carbocycles. The Morgan fingerprint density at radius 2 is 1.51 bits per heavy atom. The lowest BCUT2D eigenvalue weighted by atomic mass is 9.99. The number of fused-ring (bicyclic) bond motifs is 1. The quantitative estimate of drug-likeness (QED) is 0.151. The molecule has 2 aliphatic rings. The van der Waals surface area contributed by atoms with Crippen LogP contribution in [-0.2, 0) is 9.47 Å². The molecule has 2 aliphatic heterocycles. The number of hydrogen-bond acceptors (Lipinski definition) is 15. The second kappa shape index (κ2) is 11.4. The molecule has 15 heteroatoms. The number of phenolic OH excluding ortho intramolecular Hbond substituents is 2. The summed E-state index contributed by atoms with van der Waals surface area (Å²) in [6.07, 6.45) is -13.6. The van der Waals surface area contributed by atoms with E-state index in [2.05, 4.69) is 0 Å². The lowest BCUT2D eigenvalue weighted by molar-refractivity contribution is -0.277. The molecular formula is C26H28O15. The Hall–Kier alpha value is -3.51. The number of aliphatic hydroxyl groups is 7. The maximum atomic E-state index is 12.9. The van der Waals surface area contributed by atoms with Gasteiger partial charge in [0.25, 0.3) is 0 Å². The van der Waals surface area contributed by atoms with Gasteiger partial charge in [0.2, 0.25) is 18.3 Å². The Morgan fingerprint density at radius 1 is 0.829 bits per heavy atom. The molecule has 0 radical (unpaired) electrons. The van der Waals surface area contributed by atoms with E-state index in [1.54, 1.807) is 0 Å². The van der Waals surface area contributed by atoms with Crippen molar-refractivity contribution < 1.29 is 69.3 Å². The lowest BCUT2D eigenvalue weighted by Gasteiger charge is -2.39. The van der Waals surface area contributed by atoms with Crippen molar-refractivity contribution in [2.24, 2.45) is 0 Å². The van der Waals surface area contributed by atoms with Crippen LogP contribution in [0.4, 0.5) is 0 Å². The highest BCUT2D eigenvalue weighted by atomic mass is 16.7. The van der Waals surface area contributed by atoms with Crippen LogP contribution in [0.1, 0.15) is 0 Å². The van der Waals surface area contributed by atoms with Gasteiger partial charge in [-0.2, -0.15) is 0 Å². The van der Waals surface area contributed by atoms with E-state index in [4.69, 9.17) is 23.4 Å². The molecule has 2 unspecified atom stereocenters. The van der Waals surface area contributed by atoms with Crippen LogP contribution in [-0.4, -0.2) is 114 Å². The van der Waals surface area contributed by atoms with E-state index in [-0.39, 0.29) is 22.5 Å². The molecule has 3 aromatic rings. The van der Waals surface area contributed by atoms with Crippen LogP contribution < -0.4 is 14.9 Å². The van der Waals surface area contributed by atoms with Gasteiger partial charge in [0.1, 0.15) is 65.2 Å². The molecule has 5 rings (SSSR count). The first-order valence-corrected chi connectivity index (χ1v) is 12.4. The summed E-state index contributed by atoms with van der Waals surface area (Å²) in [6.45, 7) is -1.01. The molecule has 2 saturated heterocycles. The van der Waals surface area contributed by atoms with Gasteiger partial charge in [0.15, 0.2) is 16.9 Å². The van der Waals surface area contributed by atoms with Crippen LogP contribution >= 0.6 is 0 Å². The first kappa shape index (κ1) is 29.0. The molecule has 9 N–H and O–H groups in total. The maximum Gasteiger partial charge on any atom is 0.229 e. The Kier molecular flexibility index (Phi) is 8.06. The minimum atomic E-state index is -1.72. The highest BCUT2D eigenvalue weighted by Crippen LogP contribution is 2.43. The first-order valence-electron chi connectivity index (χ1n) is 12.4. The number of rotatable bonds is 6. The van der Waals surface area contributed by atoms with Gasteiger partial charge < -0.3 is 69.3 Å². The number of phenols is 2. The number of benzene rings is 2. The third-order valence-electron chi connectivity index (χ3n) is 6.85. The van der Waals surface area contributed by atoms with Crippen LogP contribution in [0.2, 0.25) is 0 Å². The van der Waals surface area contributed by atoms with Gasteiger partial charge in [-0.05, 0) is 24.3 Å². The van der Waals surface area contributed by atoms with Crippen molar-refractivity contribution in [3.05, 3.63) is 46.6 Å². The monoisotopic (exact) mass is 580 g/mol. The Labute approximate surface area is 230 Å². The summed E-state index contributed by atoms with van der Waals surface area (Å²) >= 11 is 0. The maximum absolute atomic E-state index is 12.9.